The van der Waals surface area contributed by atoms with E-state index in [4.69, 9.17) is 23.1 Å². The zero-order chi connectivity index (χ0) is 13.4. The van der Waals surface area contributed by atoms with E-state index in [9.17, 15) is 0 Å². The highest BCUT2D eigenvalue weighted by molar-refractivity contribution is 7.07. The molecule has 0 fully saturated rings. The molecule has 1 heterocycles. The van der Waals surface area contributed by atoms with Crippen molar-refractivity contribution in [2.45, 2.75) is 0 Å². The van der Waals surface area contributed by atoms with Gasteiger partial charge in [0.1, 0.15) is 0 Å². The highest BCUT2D eigenvalue weighted by Crippen LogP contribution is 2.10. The molecular formula is C11H9ClO5S. The van der Waals surface area contributed by atoms with Crippen molar-refractivity contribution in [1.29, 1.82) is 0 Å². The Morgan fingerprint density at radius 3 is 1.83 bits per heavy atom. The summed E-state index contributed by atoms with van der Waals surface area (Å²) in [5.74, 6) is 0.874. The van der Waals surface area contributed by atoms with Crippen molar-refractivity contribution < 1.29 is 28.9 Å². The third-order valence-electron chi connectivity index (χ3n) is 1.60. The molecule has 0 aliphatic rings. The van der Waals surface area contributed by atoms with Crippen LogP contribution in [0.25, 0.3) is 0 Å². The maximum absolute atomic E-state index is 8.49. The van der Waals surface area contributed by atoms with Gasteiger partial charge in [-0.15, -0.1) is 10.2 Å². The Kier molecular flexibility index (Phi) is 5.93. The second-order valence-corrected chi connectivity index (χ2v) is 4.51. The molecule has 1 aromatic heterocycles. The summed E-state index contributed by atoms with van der Waals surface area (Å²) in [5, 5.41) is 4.00. The van der Waals surface area contributed by atoms with Gasteiger partial charge in [0.15, 0.2) is 0 Å². The van der Waals surface area contributed by atoms with Crippen LogP contribution in [0.3, 0.4) is 0 Å². The molecule has 0 aliphatic carbocycles. The van der Waals surface area contributed by atoms with Crippen LogP contribution in [-0.2, 0) is 0 Å². The van der Waals surface area contributed by atoms with Gasteiger partial charge >= 0.3 is 11.2 Å². The maximum Gasteiger partial charge on any atom is 0.355 e. The number of rotatable bonds is 1. The molecule has 0 amide bonds. The highest BCUT2D eigenvalue weighted by Gasteiger charge is 1.98. The maximum atomic E-state index is 8.49. The fraction of sp³-hybridized carbons (Fsp3) is 0. The van der Waals surface area contributed by atoms with Gasteiger partial charge in [-0.25, -0.2) is 23.1 Å². The average molecular weight is 289 g/mol. The quantitative estimate of drug-likeness (QED) is 0.583. The molecule has 2 aromatic rings. The third-order valence-corrected chi connectivity index (χ3v) is 2.19. The second kappa shape index (κ2) is 7.22. The van der Waals surface area contributed by atoms with Crippen LogP contribution in [0.15, 0.2) is 57.6 Å². The first kappa shape index (κ1) is 14.8. The van der Waals surface area contributed by atoms with Crippen molar-refractivity contribution in [3.8, 4) is 5.75 Å². The van der Waals surface area contributed by atoms with E-state index in [0.29, 0.717) is 0 Å². The van der Waals surface area contributed by atoms with Crippen LogP contribution in [0.2, 0.25) is 0 Å². The van der Waals surface area contributed by atoms with Gasteiger partial charge in [-0.1, -0.05) is 18.2 Å². The molecular weight excluding hydrogens is 280 g/mol. The van der Waals surface area contributed by atoms with Gasteiger partial charge in [0.25, 0.3) is 0 Å². The molecule has 0 bridgehead atoms. The summed E-state index contributed by atoms with van der Waals surface area (Å²) in [6.07, 6.45) is 0. The lowest BCUT2D eigenvalue weighted by molar-refractivity contribution is -2.00. The molecule has 96 valence electrons. The summed E-state index contributed by atoms with van der Waals surface area (Å²) >= 11 is 1.65. The molecule has 5 nitrogen and oxygen atoms in total. The van der Waals surface area contributed by atoms with Crippen molar-refractivity contribution in [1.82, 2.24) is 0 Å². The fourth-order valence-corrected chi connectivity index (χ4v) is 1.52. The first-order valence-corrected chi connectivity index (χ1v) is 6.83. The van der Waals surface area contributed by atoms with Crippen molar-refractivity contribution in [3.05, 3.63) is 63.1 Å². The summed E-state index contributed by atoms with van der Waals surface area (Å²) in [7, 11) is -4.94. The van der Waals surface area contributed by atoms with Gasteiger partial charge < -0.3 is 0 Å². The van der Waals surface area contributed by atoms with E-state index in [1.807, 2.05) is 53.2 Å². The number of hydrogen-bond donors (Lipinski definition) is 0. The Morgan fingerprint density at radius 1 is 0.833 bits per heavy atom. The van der Waals surface area contributed by atoms with Crippen molar-refractivity contribution >= 4 is 11.3 Å². The average Bonchev–Trinajstić information content (AvgIpc) is 2.29. The molecule has 18 heavy (non-hydrogen) atoms. The summed E-state index contributed by atoms with van der Waals surface area (Å²) < 4.78 is 39.6. The van der Waals surface area contributed by atoms with Gasteiger partial charge in [0, 0.05) is 22.9 Å². The van der Waals surface area contributed by atoms with E-state index in [2.05, 4.69) is 0 Å². The Bertz CT molecular complexity index is 497. The lowest BCUT2D eigenvalue weighted by Gasteiger charge is -2.17. The molecule has 0 aliphatic heterocycles. The van der Waals surface area contributed by atoms with E-state index in [1.165, 1.54) is 0 Å². The van der Waals surface area contributed by atoms with E-state index >= 15 is 0 Å². The molecule has 0 saturated heterocycles. The van der Waals surface area contributed by atoms with E-state index in [0.717, 1.165) is 11.2 Å². The molecule has 0 unspecified atom stereocenters. The van der Waals surface area contributed by atoms with E-state index in [-0.39, 0.29) is 0 Å². The Hall–Kier alpha value is -1.28. The molecule has 1 aromatic carbocycles. The predicted octanol–water partition coefficient (Wildman–Crippen LogP) is -1.70. The summed E-state index contributed by atoms with van der Waals surface area (Å²) in [4.78, 5) is 0. The van der Waals surface area contributed by atoms with Crippen LogP contribution in [0.4, 0.5) is 0 Å². The summed E-state index contributed by atoms with van der Waals surface area (Å²) in [6, 6.07) is 13.7. The van der Waals surface area contributed by atoms with Crippen LogP contribution in [0, 0.1) is 10.2 Å². The summed E-state index contributed by atoms with van der Waals surface area (Å²) in [5.41, 5.74) is 0.880. The van der Waals surface area contributed by atoms with Crippen LogP contribution in [0.1, 0.15) is 0 Å². The second-order valence-electron chi connectivity index (χ2n) is 2.94. The van der Waals surface area contributed by atoms with E-state index in [1.54, 1.807) is 11.3 Å². The van der Waals surface area contributed by atoms with Gasteiger partial charge in [0.2, 0.25) is 0 Å². The zero-order valence-corrected chi connectivity index (χ0v) is 10.6. The third kappa shape index (κ3) is 7.91. The zero-order valence-electron chi connectivity index (χ0n) is 9.02. The normalized spacial score (nSPS) is 10.2. The summed E-state index contributed by atoms with van der Waals surface area (Å²) in [6.45, 7) is 0. The predicted molar refractivity (Wildman–Crippen MR) is 56.5 cm³/mol. The number of hydrogen-bond acceptors (Lipinski definition) is 5. The van der Waals surface area contributed by atoms with Crippen LogP contribution in [-0.4, -0.2) is 0 Å². The highest BCUT2D eigenvalue weighted by atomic mass is 35.7. The van der Waals surface area contributed by atoms with Gasteiger partial charge in [-0.05, 0) is 0 Å². The van der Waals surface area contributed by atoms with Gasteiger partial charge in [-0.3, -0.25) is 0 Å². The monoisotopic (exact) mass is 288 g/mol. The standard InChI is InChI=1S/C11H9OS.ClHO4/c1-2-4-10(5-3-1)12-11-6-8-13-9-7-11;2-1(3,4)5/h1-9H;(H,2,3,4,5)/q+1;/p-1. The topological polar surface area (TPSA) is 104 Å². The minimum absolute atomic E-state index is 0.874. The van der Waals surface area contributed by atoms with Crippen LogP contribution >= 0.6 is 11.3 Å². The lowest BCUT2D eigenvalue weighted by atomic mass is 10.3. The van der Waals surface area contributed by atoms with Gasteiger partial charge in [0.05, 0.1) is 12.1 Å². The Balaban J connectivity index is 0.000000280. The minimum atomic E-state index is -4.94. The number of halogens is 1. The fourth-order valence-electron chi connectivity index (χ4n) is 1.01. The van der Waals surface area contributed by atoms with Crippen LogP contribution < -0.4 is 24.1 Å². The largest absolute Gasteiger partial charge is 0.355 e. The molecule has 0 atom stereocenters. The molecule has 2 rings (SSSR count). The molecule has 0 spiro atoms. The Labute approximate surface area is 109 Å². The van der Waals surface area contributed by atoms with Gasteiger partial charge in [-0.2, -0.15) is 11.3 Å². The molecule has 7 heteroatoms. The Morgan fingerprint density at radius 2 is 1.33 bits per heavy atom. The molecule has 0 radical (unpaired) electrons. The minimum Gasteiger partial charge on any atom is -0.222 e. The first-order chi connectivity index (χ1) is 8.45. The molecule has 0 saturated carbocycles. The van der Waals surface area contributed by atoms with Crippen molar-refractivity contribution in [2.75, 3.05) is 0 Å². The van der Waals surface area contributed by atoms with Crippen molar-refractivity contribution in [3.63, 3.8) is 0 Å². The lowest BCUT2D eigenvalue weighted by Crippen LogP contribution is -2.68. The van der Waals surface area contributed by atoms with E-state index < -0.39 is 10.2 Å². The number of benzene rings is 1. The number of para-hydroxylation sites is 1. The van der Waals surface area contributed by atoms with Crippen LogP contribution in [0.5, 0.6) is 5.75 Å². The smallest absolute Gasteiger partial charge is 0.222 e. The SMILES string of the molecule is [O-][Cl+3]([O-])([O-])[O-].c1ccc([O+]=c2ccscc2)cc1. The molecule has 0 N–H and O–H groups in total. The first-order valence-electron chi connectivity index (χ1n) is 4.65. The van der Waals surface area contributed by atoms with Crippen molar-refractivity contribution in [2.24, 2.45) is 0 Å².